The number of pyridine rings is 3. The zero-order valence-electron chi connectivity index (χ0n) is 20.1. The Morgan fingerprint density at radius 2 is 1.92 bits per heavy atom. The second-order valence-electron chi connectivity index (χ2n) is 9.29. The number of thiophene rings is 1. The lowest BCUT2D eigenvalue weighted by molar-refractivity contribution is 0.237. The van der Waals surface area contributed by atoms with Crippen molar-refractivity contribution in [3.63, 3.8) is 0 Å². The molecule has 9 heteroatoms. The van der Waals surface area contributed by atoms with Gasteiger partial charge in [0.1, 0.15) is 23.6 Å². The predicted molar refractivity (Wildman–Crippen MR) is 147 cm³/mol. The summed E-state index contributed by atoms with van der Waals surface area (Å²) in [6.45, 7) is 3.94. The van der Waals surface area contributed by atoms with Crippen molar-refractivity contribution in [3.8, 4) is 39.7 Å². The zero-order chi connectivity index (χ0) is 24.6. The lowest BCUT2D eigenvalue weighted by Crippen LogP contribution is -2.25. The molecule has 0 saturated carbocycles. The van der Waals surface area contributed by atoms with Gasteiger partial charge in [-0.05, 0) is 67.7 Å². The van der Waals surface area contributed by atoms with Crippen LogP contribution in [0.4, 0.5) is 0 Å². The van der Waals surface area contributed by atoms with Crippen LogP contribution in [0.15, 0.2) is 65.7 Å². The van der Waals surface area contributed by atoms with E-state index in [-0.39, 0.29) is 0 Å². The number of hydrogen-bond donors (Lipinski definition) is 2. The maximum atomic E-state index is 6.01. The Balaban J connectivity index is 1.20. The van der Waals surface area contributed by atoms with Gasteiger partial charge in [-0.3, -0.25) is 20.0 Å². The second kappa shape index (κ2) is 9.42. The van der Waals surface area contributed by atoms with Crippen molar-refractivity contribution in [1.29, 1.82) is 0 Å². The Hall–Kier alpha value is -4.08. The number of aromatic amines is 2. The summed E-state index contributed by atoms with van der Waals surface area (Å²) in [6, 6.07) is 12.2. The highest BCUT2D eigenvalue weighted by Gasteiger charge is 2.16. The van der Waals surface area contributed by atoms with Crippen LogP contribution < -0.4 is 4.74 Å². The number of hydrogen-bond acceptors (Lipinski definition) is 7. The molecule has 2 N–H and O–H groups in total. The standard InChI is InChI=1S/C28H25N7OS/c1-2-9-35(8-1)10-11-36-20-13-19(15-29-16-20)22-3-4-24-27(32-22)28(34-33-24)25-14-21-23(31-25)5-7-30-26(21)18-6-12-37-17-18/h3-7,12-17,31H,1-2,8-11H2,(H,33,34). The number of rotatable bonds is 7. The summed E-state index contributed by atoms with van der Waals surface area (Å²) < 4.78 is 6.01. The summed E-state index contributed by atoms with van der Waals surface area (Å²) in [4.78, 5) is 20.0. The quantitative estimate of drug-likeness (QED) is 0.285. The maximum absolute atomic E-state index is 6.01. The average Bonchev–Trinajstić information content (AvgIpc) is 3.74. The fraction of sp³-hybridized carbons (Fsp3) is 0.214. The molecule has 6 aromatic heterocycles. The number of H-pyrrole nitrogens is 2. The molecule has 6 aromatic rings. The predicted octanol–water partition coefficient (Wildman–Crippen LogP) is 5.77. The summed E-state index contributed by atoms with van der Waals surface area (Å²) in [5, 5.41) is 13.0. The van der Waals surface area contributed by atoms with Gasteiger partial charge in [-0.1, -0.05) is 0 Å². The summed E-state index contributed by atoms with van der Waals surface area (Å²) in [7, 11) is 0. The van der Waals surface area contributed by atoms with E-state index in [1.807, 2.05) is 36.7 Å². The number of aromatic nitrogens is 6. The van der Waals surface area contributed by atoms with Crippen LogP contribution in [-0.2, 0) is 0 Å². The second-order valence-corrected chi connectivity index (χ2v) is 10.1. The average molecular weight is 508 g/mol. The summed E-state index contributed by atoms with van der Waals surface area (Å²) in [5.41, 5.74) is 8.17. The highest BCUT2D eigenvalue weighted by Crippen LogP contribution is 2.34. The number of fused-ring (bicyclic) bond motifs is 2. The molecule has 0 bridgehead atoms. The van der Waals surface area contributed by atoms with E-state index in [4.69, 9.17) is 9.72 Å². The van der Waals surface area contributed by atoms with E-state index < -0.39 is 0 Å². The van der Waals surface area contributed by atoms with Crippen LogP contribution in [0.1, 0.15) is 12.8 Å². The molecular weight excluding hydrogens is 482 g/mol. The van der Waals surface area contributed by atoms with Crippen LogP contribution in [-0.4, -0.2) is 61.3 Å². The zero-order valence-corrected chi connectivity index (χ0v) is 21.0. The molecular formula is C28H25N7OS. The summed E-state index contributed by atoms with van der Waals surface area (Å²) in [5.74, 6) is 0.759. The van der Waals surface area contributed by atoms with Gasteiger partial charge in [-0.25, -0.2) is 4.98 Å². The number of ether oxygens (including phenoxy) is 1. The molecule has 0 aromatic carbocycles. The minimum Gasteiger partial charge on any atom is -0.491 e. The molecule has 0 aliphatic carbocycles. The normalized spacial score (nSPS) is 14.2. The molecule has 7 rings (SSSR count). The van der Waals surface area contributed by atoms with Crippen molar-refractivity contribution in [3.05, 3.63) is 65.7 Å². The van der Waals surface area contributed by atoms with E-state index in [9.17, 15) is 0 Å². The fourth-order valence-corrected chi connectivity index (χ4v) is 5.64. The molecule has 0 amide bonds. The minimum absolute atomic E-state index is 0.659. The molecule has 0 atom stereocenters. The summed E-state index contributed by atoms with van der Waals surface area (Å²) >= 11 is 1.67. The first-order valence-corrected chi connectivity index (χ1v) is 13.4. The van der Waals surface area contributed by atoms with Crippen LogP contribution in [0.25, 0.3) is 55.8 Å². The van der Waals surface area contributed by atoms with E-state index in [0.29, 0.717) is 6.61 Å². The molecule has 37 heavy (non-hydrogen) atoms. The summed E-state index contributed by atoms with van der Waals surface area (Å²) in [6.07, 6.45) is 7.99. The molecule has 1 saturated heterocycles. The number of nitrogens with zero attached hydrogens (tertiary/aromatic N) is 5. The van der Waals surface area contributed by atoms with Gasteiger partial charge in [0.2, 0.25) is 0 Å². The molecule has 184 valence electrons. The van der Waals surface area contributed by atoms with Gasteiger partial charge in [0, 0.05) is 46.3 Å². The van der Waals surface area contributed by atoms with Gasteiger partial charge in [0.25, 0.3) is 0 Å². The number of nitrogens with one attached hydrogen (secondary N) is 2. The molecule has 0 spiro atoms. The van der Waals surface area contributed by atoms with Crippen molar-refractivity contribution in [2.75, 3.05) is 26.2 Å². The van der Waals surface area contributed by atoms with E-state index in [2.05, 4.69) is 52.9 Å². The Kier molecular flexibility index (Phi) is 5.64. The first kappa shape index (κ1) is 22.1. The van der Waals surface area contributed by atoms with E-state index in [1.165, 1.54) is 25.9 Å². The molecule has 1 aliphatic rings. The lowest BCUT2D eigenvalue weighted by Gasteiger charge is -2.15. The van der Waals surface area contributed by atoms with Gasteiger partial charge in [0.15, 0.2) is 0 Å². The smallest absolute Gasteiger partial charge is 0.138 e. The van der Waals surface area contributed by atoms with Crippen LogP contribution in [0.5, 0.6) is 5.75 Å². The van der Waals surface area contributed by atoms with Crippen molar-refractivity contribution in [2.45, 2.75) is 12.8 Å². The van der Waals surface area contributed by atoms with Gasteiger partial charge >= 0.3 is 0 Å². The molecule has 0 unspecified atom stereocenters. The third kappa shape index (κ3) is 4.26. The largest absolute Gasteiger partial charge is 0.491 e. The third-order valence-corrected chi connectivity index (χ3v) is 7.57. The minimum atomic E-state index is 0.659. The van der Waals surface area contributed by atoms with Crippen LogP contribution in [0, 0.1) is 0 Å². The van der Waals surface area contributed by atoms with E-state index in [1.54, 1.807) is 17.5 Å². The van der Waals surface area contributed by atoms with Crippen LogP contribution >= 0.6 is 11.3 Å². The molecule has 7 heterocycles. The third-order valence-electron chi connectivity index (χ3n) is 6.89. The SMILES string of the molecule is c1cc2[nH]c(-c3n[nH]c4ccc(-c5cncc(OCCN6CCCC6)c5)nc34)cc2c(-c2ccsc2)n1. The van der Waals surface area contributed by atoms with Crippen molar-refractivity contribution < 1.29 is 4.74 Å². The van der Waals surface area contributed by atoms with E-state index in [0.717, 1.165) is 68.1 Å². The highest BCUT2D eigenvalue weighted by atomic mass is 32.1. The van der Waals surface area contributed by atoms with Gasteiger partial charge in [0.05, 0.1) is 28.8 Å². The maximum Gasteiger partial charge on any atom is 0.138 e. The van der Waals surface area contributed by atoms with Gasteiger partial charge in [-0.2, -0.15) is 16.4 Å². The molecule has 1 aliphatic heterocycles. The first-order chi connectivity index (χ1) is 18.3. The lowest BCUT2D eigenvalue weighted by atomic mass is 10.1. The van der Waals surface area contributed by atoms with Crippen LogP contribution in [0.3, 0.4) is 0 Å². The fourth-order valence-electron chi connectivity index (χ4n) is 4.99. The topological polar surface area (TPSA) is 95.6 Å². The highest BCUT2D eigenvalue weighted by molar-refractivity contribution is 7.08. The first-order valence-electron chi connectivity index (χ1n) is 12.5. The van der Waals surface area contributed by atoms with Crippen LogP contribution in [0.2, 0.25) is 0 Å². The Bertz CT molecular complexity index is 1680. The Morgan fingerprint density at radius 1 is 0.973 bits per heavy atom. The van der Waals surface area contributed by atoms with Gasteiger partial charge in [-0.15, -0.1) is 0 Å². The van der Waals surface area contributed by atoms with Crippen molar-refractivity contribution >= 4 is 33.3 Å². The van der Waals surface area contributed by atoms with Crippen molar-refractivity contribution in [1.82, 2.24) is 35.0 Å². The molecule has 0 radical (unpaired) electrons. The molecule has 1 fully saturated rings. The van der Waals surface area contributed by atoms with E-state index >= 15 is 0 Å². The Morgan fingerprint density at radius 3 is 2.81 bits per heavy atom. The van der Waals surface area contributed by atoms with Crippen molar-refractivity contribution in [2.24, 2.45) is 0 Å². The molecule has 8 nitrogen and oxygen atoms in total. The monoisotopic (exact) mass is 507 g/mol. The number of likely N-dealkylation sites (tertiary alicyclic amines) is 1. The van der Waals surface area contributed by atoms with Gasteiger partial charge < -0.3 is 9.72 Å². The Labute approximate surface area is 217 Å².